The summed E-state index contributed by atoms with van der Waals surface area (Å²) in [5.74, 6) is 0. The van der Waals surface area contributed by atoms with Crippen LogP contribution in [0.5, 0.6) is 0 Å². The number of urea groups is 1. The van der Waals surface area contributed by atoms with Crippen LogP contribution in [0.4, 0.5) is 4.79 Å². The van der Waals surface area contributed by atoms with Crippen LogP contribution in [0.2, 0.25) is 0 Å². The molecule has 4 nitrogen and oxygen atoms in total. The van der Waals surface area contributed by atoms with Crippen molar-refractivity contribution in [2.75, 3.05) is 19.7 Å². The van der Waals surface area contributed by atoms with E-state index in [1.807, 2.05) is 13.8 Å². The molecule has 0 aliphatic heterocycles. The number of aliphatic hydroxyl groups is 1. The summed E-state index contributed by atoms with van der Waals surface area (Å²) in [5, 5.41) is 14.9. The van der Waals surface area contributed by atoms with Gasteiger partial charge in [0.2, 0.25) is 0 Å². The summed E-state index contributed by atoms with van der Waals surface area (Å²) < 4.78 is 0. The fourth-order valence-electron chi connectivity index (χ4n) is 2.82. The molecule has 0 heterocycles. The van der Waals surface area contributed by atoms with E-state index in [9.17, 15) is 4.79 Å². The number of aliphatic hydroxyl groups excluding tert-OH is 1. The lowest BCUT2D eigenvalue weighted by atomic mass is 9.83. The molecule has 0 spiro atoms. The molecule has 1 aliphatic carbocycles. The predicted octanol–water partition coefficient (Wildman–Crippen LogP) is 2.66. The molecular weight excluding hydrogens is 240 g/mol. The van der Waals surface area contributed by atoms with Crippen molar-refractivity contribution in [3.05, 3.63) is 0 Å². The van der Waals surface area contributed by atoms with Crippen LogP contribution in [-0.4, -0.2) is 30.8 Å². The molecule has 1 aliphatic rings. The van der Waals surface area contributed by atoms with E-state index in [0.717, 1.165) is 13.0 Å². The molecule has 2 amide bonds. The molecule has 4 heteroatoms. The van der Waals surface area contributed by atoms with Crippen molar-refractivity contribution in [2.24, 2.45) is 10.8 Å². The summed E-state index contributed by atoms with van der Waals surface area (Å²) in [5.41, 5.74) is 0.278. The van der Waals surface area contributed by atoms with Gasteiger partial charge in [0.25, 0.3) is 0 Å². The molecule has 0 bridgehead atoms. The molecule has 112 valence electrons. The van der Waals surface area contributed by atoms with Gasteiger partial charge in [-0.25, -0.2) is 4.79 Å². The molecule has 0 aromatic heterocycles. The van der Waals surface area contributed by atoms with Crippen molar-refractivity contribution in [3.8, 4) is 0 Å². The van der Waals surface area contributed by atoms with Crippen LogP contribution in [-0.2, 0) is 0 Å². The van der Waals surface area contributed by atoms with Crippen LogP contribution in [0.3, 0.4) is 0 Å². The molecule has 1 rings (SSSR count). The summed E-state index contributed by atoms with van der Waals surface area (Å²) in [6.45, 7) is 7.86. The normalized spacial score (nSPS) is 18.3. The number of nitrogens with one attached hydrogen (secondary N) is 2. The van der Waals surface area contributed by atoms with Crippen molar-refractivity contribution in [1.82, 2.24) is 10.6 Å². The average molecular weight is 270 g/mol. The minimum Gasteiger partial charge on any atom is -0.396 e. The van der Waals surface area contributed by atoms with Gasteiger partial charge in [-0.2, -0.15) is 0 Å². The Kier molecular flexibility index (Phi) is 6.11. The highest BCUT2D eigenvalue weighted by atomic mass is 16.3. The first-order valence-corrected chi connectivity index (χ1v) is 7.56. The summed E-state index contributed by atoms with van der Waals surface area (Å²) in [7, 11) is 0. The summed E-state index contributed by atoms with van der Waals surface area (Å²) in [6, 6.07) is -0.0780. The van der Waals surface area contributed by atoms with Crippen LogP contribution in [0, 0.1) is 10.8 Å². The molecular formula is C15H30N2O2. The maximum Gasteiger partial charge on any atom is 0.314 e. The van der Waals surface area contributed by atoms with Gasteiger partial charge in [0.1, 0.15) is 0 Å². The molecule has 1 fully saturated rings. The maximum atomic E-state index is 11.8. The molecule has 0 aromatic carbocycles. The molecule has 0 aromatic rings. The van der Waals surface area contributed by atoms with Gasteiger partial charge < -0.3 is 15.7 Å². The molecule has 0 saturated heterocycles. The molecule has 0 atom stereocenters. The van der Waals surface area contributed by atoms with E-state index in [1.165, 1.54) is 25.7 Å². The van der Waals surface area contributed by atoms with E-state index in [0.29, 0.717) is 18.4 Å². The monoisotopic (exact) mass is 270 g/mol. The van der Waals surface area contributed by atoms with Crippen molar-refractivity contribution < 1.29 is 9.90 Å². The minimum atomic E-state index is -0.0780. The predicted molar refractivity (Wildman–Crippen MR) is 78.1 cm³/mol. The third-order valence-corrected chi connectivity index (χ3v) is 4.55. The lowest BCUT2D eigenvalue weighted by Crippen LogP contribution is -2.44. The number of hydrogen-bond donors (Lipinski definition) is 3. The fraction of sp³-hybridized carbons (Fsp3) is 0.933. The van der Waals surface area contributed by atoms with Crippen LogP contribution in [0.1, 0.15) is 59.3 Å². The van der Waals surface area contributed by atoms with E-state index in [4.69, 9.17) is 5.11 Å². The topological polar surface area (TPSA) is 61.4 Å². The Hall–Kier alpha value is -0.770. The zero-order valence-corrected chi connectivity index (χ0v) is 12.7. The molecule has 0 unspecified atom stereocenters. The SMILES string of the molecule is CCC1(CNC(=O)NCC(C)(C)CCO)CCCC1. The van der Waals surface area contributed by atoms with E-state index < -0.39 is 0 Å². The lowest BCUT2D eigenvalue weighted by molar-refractivity contribution is 0.197. The van der Waals surface area contributed by atoms with Gasteiger partial charge in [-0.1, -0.05) is 33.6 Å². The molecule has 0 radical (unpaired) electrons. The maximum absolute atomic E-state index is 11.8. The first-order chi connectivity index (χ1) is 8.93. The number of hydrogen-bond acceptors (Lipinski definition) is 2. The highest BCUT2D eigenvalue weighted by Crippen LogP contribution is 2.40. The first-order valence-electron chi connectivity index (χ1n) is 7.56. The highest BCUT2D eigenvalue weighted by Gasteiger charge is 2.32. The summed E-state index contributed by atoms with van der Waals surface area (Å²) in [6.07, 6.45) is 6.90. The average Bonchev–Trinajstić information content (AvgIpc) is 2.83. The lowest BCUT2D eigenvalue weighted by Gasteiger charge is -2.28. The number of carbonyl (C=O) groups is 1. The highest BCUT2D eigenvalue weighted by molar-refractivity contribution is 5.73. The van der Waals surface area contributed by atoms with Crippen molar-refractivity contribution >= 4 is 6.03 Å². The number of rotatable bonds is 7. The van der Waals surface area contributed by atoms with Crippen LogP contribution >= 0.6 is 0 Å². The van der Waals surface area contributed by atoms with E-state index in [2.05, 4.69) is 17.6 Å². The quantitative estimate of drug-likeness (QED) is 0.666. The van der Waals surface area contributed by atoms with Gasteiger partial charge in [-0.05, 0) is 36.5 Å². The smallest absolute Gasteiger partial charge is 0.314 e. The standard InChI is InChI=1S/C15H30N2O2/c1-4-15(7-5-6-8-15)12-17-13(19)16-11-14(2,3)9-10-18/h18H,4-12H2,1-3H3,(H2,16,17,19). The fourth-order valence-corrected chi connectivity index (χ4v) is 2.82. The summed E-state index contributed by atoms with van der Waals surface area (Å²) >= 11 is 0. The van der Waals surface area contributed by atoms with E-state index >= 15 is 0 Å². The Bertz CT molecular complexity index is 284. The number of carbonyl (C=O) groups excluding carboxylic acids is 1. The third kappa shape index (κ3) is 5.39. The second-order valence-electron chi connectivity index (χ2n) is 6.73. The first kappa shape index (κ1) is 16.3. The summed E-state index contributed by atoms with van der Waals surface area (Å²) in [4.78, 5) is 11.8. The Morgan fingerprint density at radius 1 is 1.26 bits per heavy atom. The van der Waals surface area contributed by atoms with Gasteiger partial charge in [0.15, 0.2) is 0 Å². The zero-order chi connectivity index (χ0) is 14.4. The van der Waals surface area contributed by atoms with Crippen molar-refractivity contribution in [1.29, 1.82) is 0 Å². The van der Waals surface area contributed by atoms with Crippen molar-refractivity contribution in [2.45, 2.75) is 59.3 Å². The van der Waals surface area contributed by atoms with Crippen LogP contribution in [0.25, 0.3) is 0 Å². The molecule has 19 heavy (non-hydrogen) atoms. The Balaban J connectivity index is 2.28. The minimum absolute atomic E-state index is 0.0537. The zero-order valence-electron chi connectivity index (χ0n) is 12.7. The third-order valence-electron chi connectivity index (χ3n) is 4.55. The Labute approximate surface area is 117 Å². The second-order valence-corrected chi connectivity index (χ2v) is 6.73. The number of amides is 2. The van der Waals surface area contributed by atoms with Crippen LogP contribution in [0.15, 0.2) is 0 Å². The van der Waals surface area contributed by atoms with Gasteiger partial charge >= 0.3 is 6.03 Å². The van der Waals surface area contributed by atoms with Gasteiger partial charge in [-0.15, -0.1) is 0 Å². The second kappa shape index (κ2) is 7.13. The largest absolute Gasteiger partial charge is 0.396 e. The van der Waals surface area contributed by atoms with Crippen LogP contribution < -0.4 is 10.6 Å². The molecule has 3 N–H and O–H groups in total. The van der Waals surface area contributed by atoms with Gasteiger partial charge in [-0.3, -0.25) is 0 Å². The van der Waals surface area contributed by atoms with E-state index in [1.54, 1.807) is 0 Å². The Morgan fingerprint density at radius 2 is 1.89 bits per heavy atom. The van der Waals surface area contributed by atoms with Crippen molar-refractivity contribution in [3.63, 3.8) is 0 Å². The molecule has 1 saturated carbocycles. The van der Waals surface area contributed by atoms with Gasteiger partial charge in [0, 0.05) is 19.7 Å². The Morgan fingerprint density at radius 3 is 2.42 bits per heavy atom. The van der Waals surface area contributed by atoms with Gasteiger partial charge in [0.05, 0.1) is 0 Å². The van der Waals surface area contributed by atoms with E-state index in [-0.39, 0.29) is 18.1 Å².